The van der Waals surface area contributed by atoms with Crippen LogP contribution in [0.2, 0.25) is 0 Å². The normalized spacial score (nSPS) is 10.2. The Kier molecular flexibility index (Phi) is 3.42. The van der Waals surface area contributed by atoms with Crippen LogP contribution in [0.3, 0.4) is 0 Å². The first kappa shape index (κ1) is 11.9. The van der Waals surface area contributed by atoms with E-state index in [-0.39, 0.29) is 5.56 Å². The van der Waals surface area contributed by atoms with Crippen molar-refractivity contribution < 1.29 is 14.4 Å². The van der Waals surface area contributed by atoms with Gasteiger partial charge in [-0.2, -0.15) is 4.98 Å². The molecule has 0 saturated carbocycles. The molecule has 2 aromatic rings. The number of hydrogen-bond donors (Lipinski definition) is 3. The van der Waals surface area contributed by atoms with Gasteiger partial charge in [-0.05, 0) is 18.2 Å². The first-order valence-corrected chi connectivity index (χ1v) is 5.29. The smallest absolute Gasteiger partial charge is 0.337 e. The van der Waals surface area contributed by atoms with Crippen LogP contribution in [-0.4, -0.2) is 27.8 Å². The van der Waals surface area contributed by atoms with Gasteiger partial charge in [0.25, 0.3) is 0 Å². The van der Waals surface area contributed by atoms with E-state index < -0.39 is 5.97 Å². The van der Waals surface area contributed by atoms with E-state index in [1.54, 1.807) is 12.1 Å². The fourth-order valence-electron chi connectivity index (χ4n) is 1.51. The summed E-state index contributed by atoms with van der Waals surface area (Å²) in [6.07, 6.45) is 1.78. The molecule has 0 atom stereocenters. The van der Waals surface area contributed by atoms with Gasteiger partial charge in [-0.25, -0.2) is 4.79 Å². The van der Waals surface area contributed by atoms with Crippen LogP contribution in [0, 0.1) is 0 Å². The molecule has 0 fully saturated rings. The van der Waals surface area contributed by atoms with Crippen molar-refractivity contribution in [1.29, 1.82) is 0 Å². The van der Waals surface area contributed by atoms with E-state index in [2.05, 4.69) is 20.0 Å². The van der Waals surface area contributed by atoms with E-state index >= 15 is 0 Å². The number of anilines is 2. The summed E-state index contributed by atoms with van der Waals surface area (Å²) in [6, 6.07) is 4.60. The minimum absolute atomic E-state index is 0.178. The summed E-state index contributed by atoms with van der Waals surface area (Å²) in [5.41, 5.74) is 6.78. The second-order valence-corrected chi connectivity index (χ2v) is 3.63. The zero-order valence-corrected chi connectivity index (χ0v) is 9.46. The van der Waals surface area contributed by atoms with Gasteiger partial charge in [-0.15, -0.1) is 0 Å². The molecule has 0 spiro atoms. The van der Waals surface area contributed by atoms with Crippen molar-refractivity contribution in [3.05, 3.63) is 36.0 Å². The summed E-state index contributed by atoms with van der Waals surface area (Å²) in [4.78, 5) is 14.9. The Labute approximate surface area is 103 Å². The van der Waals surface area contributed by atoms with E-state index in [0.29, 0.717) is 30.2 Å². The average molecular weight is 248 g/mol. The van der Waals surface area contributed by atoms with Crippen LogP contribution < -0.4 is 11.1 Å². The number of nitrogen functional groups attached to an aromatic ring is 1. The summed E-state index contributed by atoms with van der Waals surface area (Å²) in [5, 5.41) is 15.7. The van der Waals surface area contributed by atoms with Crippen LogP contribution in [0.5, 0.6) is 0 Å². The summed E-state index contributed by atoms with van der Waals surface area (Å²) in [7, 11) is 0. The maximum absolute atomic E-state index is 11.0. The minimum Gasteiger partial charge on any atom is -0.478 e. The number of benzene rings is 1. The van der Waals surface area contributed by atoms with Crippen molar-refractivity contribution in [2.45, 2.75) is 6.42 Å². The van der Waals surface area contributed by atoms with Gasteiger partial charge in [0.05, 0.1) is 11.3 Å². The van der Waals surface area contributed by atoms with Gasteiger partial charge >= 0.3 is 5.97 Å². The molecule has 1 aromatic heterocycles. The molecule has 94 valence electrons. The molecule has 7 nitrogen and oxygen atoms in total. The molecular weight excluding hydrogens is 236 g/mol. The maximum atomic E-state index is 11.0. The Morgan fingerprint density at radius 3 is 3.00 bits per heavy atom. The molecule has 1 heterocycles. The molecule has 0 aliphatic rings. The number of carbonyl (C=O) groups is 1. The first-order valence-electron chi connectivity index (χ1n) is 5.29. The lowest BCUT2D eigenvalue weighted by atomic mass is 10.1. The Morgan fingerprint density at radius 2 is 2.33 bits per heavy atom. The molecule has 2 rings (SSSR count). The van der Waals surface area contributed by atoms with Gasteiger partial charge in [0, 0.05) is 18.7 Å². The van der Waals surface area contributed by atoms with Gasteiger partial charge in [0.1, 0.15) is 0 Å². The lowest BCUT2D eigenvalue weighted by molar-refractivity contribution is 0.0698. The minimum atomic E-state index is -1.00. The number of aromatic nitrogens is 2. The van der Waals surface area contributed by atoms with Crippen molar-refractivity contribution >= 4 is 17.3 Å². The van der Waals surface area contributed by atoms with Gasteiger partial charge in [0.15, 0.2) is 5.82 Å². The van der Waals surface area contributed by atoms with Crippen LogP contribution in [0.1, 0.15) is 16.2 Å². The molecule has 0 saturated heterocycles. The van der Waals surface area contributed by atoms with Crippen LogP contribution in [-0.2, 0) is 6.42 Å². The topological polar surface area (TPSA) is 114 Å². The van der Waals surface area contributed by atoms with Crippen molar-refractivity contribution in [1.82, 2.24) is 10.1 Å². The standard InChI is InChI=1S/C11H12N4O3/c12-7-1-2-8(11(16)17)9(5-7)13-4-3-10-14-6-18-15-10/h1-2,5-6,13H,3-4,12H2,(H,16,17). The van der Waals surface area contributed by atoms with E-state index in [1.165, 1.54) is 12.5 Å². The first-order chi connectivity index (χ1) is 8.66. The molecule has 4 N–H and O–H groups in total. The molecular formula is C11H12N4O3. The zero-order chi connectivity index (χ0) is 13.0. The quantitative estimate of drug-likeness (QED) is 0.676. The lowest BCUT2D eigenvalue weighted by Crippen LogP contribution is -2.10. The molecule has 0 radical (unpaired) electrons. The summed E-state index contributed by atoms with van der Waals surface area (Å²) >= 11 is 0. The van der Waals surface area contributed by atoms with Gasteiger partial charge in [-0.3, -0.25) is 0 Å². The van der Waals surface area contributed by atoms with E-state index in [9.17, 15) is 4.79 Å². The number of nitrogens with zero attached hydrogens (tertiary/aromatic N) is 2. The number of nitrogens with one attached hydrogen (secondary N) is 1. The van der Waals surface area contributed by atoms with Crippen molar-refractivity contribution in [2.24, 2.45) is 0 Å². The van der Waals surface area contributed by atoms with Crippen LogP contribution in [0.25, 0.3) is 0 Å². The fraction of sp³-hybridized carbons (Fsp3) is 0.182. The second-order valence-electron chi connectivity index (χ2n) is 3.63. The third kappa shape index (κ3) is 2.76. The number of rotatable bonds is 5. The van der Waals surface area contributed by atoms with Gasteiger partial charge in [0.2, 0.25) is 6.39 Å². The number of carboxylic acid groups (broad SMARTS) is 1. The van der Waals surface area contributed by atoms with Crippen molar-refractivity contribution in [3.8, 4) is 0 Å². The number of carboxylic acids is 1. The number of hydrogen-bond acceptors (Lipinski definition) is 6. The molecule has 0 unspecified atom stereocenters. The highest BCUT2D eigenvalue weighted by Gasteiger charge is 2.10. The van der Waals surface area contributed by atoms with E-state index in [0.717, 1.165) is 0 Å². The highest BCUT2D eigenvalue weighted by Crippen LogP contribution is 2.19. The van der Waals surface area contributed by atoms with Crippen LogP contribution >= 0.6 is 0 Å². The van der Waals surface area contributed by atoms with Gasteiger partial charge in [-0.1, -0.05) is 5.16 Å². The van der Waals surface area contributed by atoms with Crippen molar-refractivity contribution in [3.63, 3.8) is 0 Å². The summed E-state index contributed by atoms with van der Waals surface area (Å²) in [5.74, 6) is -0.444. The second kappa shape index (κ2) is 5.17. The molecule has 1 aromatic carbocycles. The van der Waals surface area contributed by atoms with E-state index in [1.807, 2.05) is 0 Å². The predicted octanol–water partition coefficient (Wildman–Crippen LogP) is 1.00. The van der Waals surface area contributed by atoms with Crippen molar-refractivity contribution in [2.75, 3.05) is 17.6 Å². The lowest BCUT2D eigenvalue weighted by Gasteiger charge is -2.09. The molecule has 7 heteroatoms. The number of aromatic carboxylic acids is 1. The highest BCUT2D eigenvalue weighted by atomic mass is 16.5. The Balaban J connectivity index is 2.03. The largest absolute Gasteiger partial charge is 0.478 e. The third-order valence-electron chi connectivity index (χ3n) is 2.35. The molecule has 0 amide bonds. The van der Waals surface area contributed by atoms with Gasteiger partial charge < -0.3 is 20.7 Å². The van der Waals surface area contributed by atoms with Crippen LogP contribution in [0.4, 0.5) is 11.4 Å². The molecule has 18 heavy (non-hydrogen) atoms. The average Bonchev–Trinajstić information content (AvgIpc) is 2.82. The summed E-state index contributed by atoms with van der Waals surface area (Å²) in [6.45, 7) is 0.489. The highest BCUT2D eigenvalue weighted by molar-refractivity contribution is 5.95. The number of nitrogens with two attached hydrogens (primary N) is 1. The molecule has 0 aliphatic carbocycles. The Hall–Kier alpha value is -2.57. The Morgan fingerprint density at radius 1 is 1.50 bits per heavy atom. The maximum Gasteiger partial charge on any atom is 0.337 e. The third-order valence-corrected chi connectivity index (χ3v) is 2.35. The fourth-order valence-corrected chi connectivity index (χ4v) is 1.51. The van der Waals surface area contributed by atoms with E-state index in [4.69, 9.17) is 10.8 Å². The monoisotopic (exact) mass is 248 g/mol. The molecule has 0 aliphatic heterocycles. The Bertz CT molecular complexity index is 539. The SMILES string of the molecule is Nc1ccc(C(=O)O)c(NCCc2ncon2)c1. The predicted molar refractivity (Wildman–Crippen MR) is 64.3 cm³/mol. The zero-order valence-electron chi connectivity index (χ0n) is 9.46. The molecule has 0 bridgehead atoms. The van der Waals surface area contributed by atoms with Crippen LogP contribution in [0.15, 0.2) is 29.1 Å². The summed E-state index contributed by atoms with van der Waals surface area (Å²) < 4.78 is 4.60.